The van der Waals surface area contributed by atoms with E-state index < -0.39 is 48.3 Å². The van der Waals surface area contributed by atoms with Gasteiger partial charge in [-0.15, -0.1) is 11.3 Å². The second-order valence-electron chi connectivity index (χ2n) is 11.2. The minimum Gasteiger partial charge on any atom is -0.412 e. The summed E-state index contributed by atoms with van der Waals surface area (Å²) in [6, 6.07) is 13.8. The molecule has 0 radical (unpaired) electrons. The summed E-state index contributed by atoms with van der Waals surface area (Å²) < 4.78 is 95.4. The zero-order chi connectivity index (χ0) is 34.2. The summed E-state index contributed by atoms with van der Waals surface area (Å²) in [5.74, 6) is 0. The van der Waals surface area contributed by atoms with Crippen molar-refractivity contribution in [1.29, 1.82) is 0 Å². The van der Waals surface area contributed by atoms with Gasteiger partial charge in [0.05, 0.1) is 35.8 Å². The summed E-state index contributed by atoms with van der Waals surface area (Å²) in [4.78, 5) is 9.07. The number of aromatic nitrogens is 2. The largest absolute Gasteiger partial charge is 0.530 e. The van der Waals surface area contributed by atoms with Gasteiger partial charge in [0.25, 0.3) is 0 Å². The van der Waals surface area contributed by atoms with Gasteiger partial charge >= 0.3 is 23.4 Å². The van der Waals surface area contributed by atoms with E-state index in [2.05, 4.69) is 9.97 Å². The van der Waals surface area contributed by atoms with Crippen LogP contribution in [0.1, 0.15) is 38.1 Å². The maximum absolute atomic E-state index is 13.8. The highest BCUT2D eigenvalue weighted by molar-refractivity contribution is 7.93. The predicted molar refractivity (Wildman–Crippen MR) is 176 cm³/mol. The minimum atomic E-state index is -5.94. The maximum Gasteiger partial charge on any atom is 0.530 e. The third-order valence-corrected chi connectivity index (χ3v) is 11.1. The highest BCUT2D eigenvalue weighted by Crippen LogP contribution is 2.56. The van der Waals surface area contributed by atoms with E-state index in [0.717, 1.165) is 23.6 Å². The molecule has 0 saturated carbocycles. The minimum absolute atomic E-state index is 0.0472. The van der Waals surface area contributed by atoms with Gasteiger partial charge in [-0.05, 0) is 54.1 Å². The molecule has 3 heterocycles. The molecule has 1 aliphatic rings. The monoisotopic (exact) mass is 747 g/mol. The first-order chi connectivity index (χ1) is 22.0. The lowest BCUT2D eigenvalue weighted by atomic mass is 9.91. The molecule has 2 aromatic carbocycles. The average molecular weight is 749 g/mol. The van der Waals surface area contributed by atoms with Crippen molar-refractivity contribution in [2.45, 2.75) is 37.8 Å². The van der Waals surface area contributed by atoms with Crippen LogP contribution >= 0.6 is 42.4 Å². The fourth-order valence-electron chi connectivity index (χ4n) is 4.42. The molecule has 0 amide bonds. The van der Waals surface area contributed by atoms with Gasteiger partial charge in [0.15, 0.2) is 0 Å². The van der Waals surface area contributed by atoms with Crippen molar-refractivity contribution in [3.63, 3.8) is 0 Å². The molecule has 2 unspecified atom stereocenters. The summed E-state index contributed by atoms with van der Waals surface area (Å²) in [5, 5.41) is 2.74. The fourth-order valence-corrected chi connectivity index (χ4v) is 7.83. The number of pyridine rings is 1. The van der Waals surface area contributed by atoms with Gasteiger partial charge in [-0.25, -0.2) is 9.55 Å². The van der Waals surface area contributed by atoms with E-state index in [0.29, 0.717) is 26.9 Å². The number of phosphoric acid groups is 1. The Morgan fingerprint density at radius 3 is 2.53 bits per heavy atom. The molecule has 1 aliphatic heterocycles. The Kier molecular flexibility index (Phi) is 10.2. The lowest BCUT2D eigenvalue weighted by Crippen LogP contribution is -2.42. The summed E-state index contributed by atoms with van der Waals surface area (Å²) in [5.41, 5.74) is -3.23. The van der Waals surface area contributed by atoms with Crippen molar-refractivity contribution in [1.82, 2.24) is 9.97 Å². The first-order valence-electron chi connectivity index (χ1n) is 13.8. The highest BCUT2D eigenvalue weighted by atomic mass is 35.5. The molecule has 0 saturated heterocycles. The molecule has 9 nitrogen and oxygen atoms in total. The van der Waals surface area contributed by atoms with Crippen LogP contribution in [0.3, 0.4) is 0 Å². The molecule has 17 heteroatoms. The number of alkyl halides is 3. The molecule has 0 N–H and O–H groups in total. The molecule has 0 bridgehead atoms. The van der Waals surface area contributed by atoms with Crippen LogP contribution in [-0.2, 0) is 33.6 Å². The normalized spacial score (nSPS) is 18.6. The molecule has 250 valence electrons. The third kappa shape index (κ3) is 8.02. The van der Waals surface area contributed by atoms with Gasteiger partial charge in [0, 0.05) is 38.8 Å². The first kappa shape index (κ1) is 35.3. The molecule has 0 spiro atoms. The van der Waals surface area contributed by atoms with Crippen LogP contribution in [0, 0.1) is 0 Å². The Labute approximate surface area is 283 Å². The van der Waals surface area contributed by atoms with Crippen molar-refractivity contribution in [2.24, 2.45) is 0 Å². The van der Waals surface area contributed by atoms with E-state index in [1.54, 1.807) is 35.8 Å². The SMILES string of the molecule is CC(C)(C)c1cc(-c2nc(-c3ccc(N(CCOP4(=O)OC=CC(c5cccc(Cl)c5)O4)S(=O)(=O)C(F)(F)F)cc3Cl)cs2)ccn1. The Hall–Kier alpha value is -2.97. The first-order valence-corrected chi connectivity index (χ1v) is 18.4. The smallest absolute Gasteiger partial charge is 0.412 e. The number of nitrogens with zero attached hydrogens (tertiary/aromatic N) is 3. The summed E-state index contributed by atoms with van der Waals surface area (Å²) >= 11 is 13.8. The van der Waals surface area contributed by atoms with E-state index in [-0.39, 0.29) is 14.7 Å². The zero-order valence-electron chi connectivity index (χ0n) is 24.9. The summed E-state index contributed by atoms with van der Waals surface area (Å²) in [6.07, 6.45) is 3.29. The molecule has 2 atom stereocenters. The maximum atomic E-state index is 13.8. The number of halogens is 5. The molecular formula is C30H27Cl2F3N3O6PS2. The van der Waals surface area contributed by atoms with Crippen LogP contribution in [0.15, 0.2) is 78.5 Å². The van der Waals surface area contributed by atoms with Crippen molar-refractivity contribution in [3.8, 4) is 21.8 Å². The Balaban J connectivity index is 1.36. The predicted octanol–water partition coefficient (Wildman–Crippen LogP) is 9.56. The van der Waals surface area contributed by atoms with Crippen LogP contribution in [-0.4, -0.2) is 37.0 Å². The van der Waals surface area contributed by atoms with Gasteiger partial charge in [-0.1, -0.05) is 56.1 Å². The summed E-state index contributed by atoms with van der Waals surface area (Å²) in [7, 11) is -10.3. The highest BCUT2D eigenvalue weighted by Gasteiger charge is 2.50. The fraction of sp³-hybridized carbons (Fsp3) is 0.267. The lowest BCUT2D eigenvalue weighted by molar-refractivity contribution is -0.0438. The van der Waals surface area contributed by atoms with E-state index in [9.17, 15) is 26.2 Å². The molecule has 0 aliphatic carbocycles. The summed E-state index contributed by atoms with van der Waals surface area (Å²) in [6.45, 7) is 4.42. The van der Waals surface area contributed by atoms with E-state index in [1.807, 2.05) is 32.9 Å². The number of sulfonamides is 1. The number of thiazole rings is 1. The third-order valence-electron chi connectivity index (χ3n) is 6.79. The van der Waals surface area contributed by atoms with Crippen molar-refractivity contribution in [2.75, 3.05) is 17.5 Å². The second-order valence-corrected chi connectivity index (χ2v) is 16.3. The number of hydrogen-bond donors (Lipinski definition) is 0. The molecule has 0 fully saturated rings. The Morgan fingerprint density at radius 2 is 1.85 bits per heavy atom. The molecule has 47 heavy (non-hydrogen) atoms. The lowest BCUT2D eigenvalue weighted by Gasteiger charge is -2.28. The van der Waals surface area contributed by atoms with Crippen LogP contribution in [0.5, 0.6) is 0 Å². The van der Waals surface area contributed by atoms with Crippen molar-refractivity contribution >= 4 is 58.1 Å². The average Bonchev–Trinajstić information content (AvgIpc) is 3.48. The Bertz CT molecular complexity index is 1970. The van der Waals surface area contributed by atoms with Crippen molar-refractivity contribution < 1.29 is 39.7 Å². The van der Waals surface area contributed by atoms with Crippen LogP contribution < -0.4 is 4.31 Å². The quantitative estimate of drug-likeness (QED) is 0.156. The number of anilines is 1. The van der Waals surface area contributed by atoms with Crippen LogP contribution in [0.4, 0.5) is 18.9 Å². The second kappa shape index (κ2) is 13.5. The topological polar surface area (TPSA) is 108 Å². The number of rotatable bonds is 9. The molecule has 2 aromatic heterocycles. The van der Waals surface area contributed by atoms with Crippen LogP contribution in [0.2, 0.25) is 10.0 Å². The zero-order valence-corrected chi connectivity index (χ0v) is 29.0. The molecular weight excluding hydrogens is 721 g/mol. The van der Waals surface area contributed by atoms with Crippen LogP contribution in [0.25, 0.3) is 21.8 Å². The van der Waals surface area contributed by atoms with Gasteiger partial charge in [-0.2, -0.15) is 21.6 Å². The Morgan fingerprint density at radius 1 is 1.09 bits per heavy atom. The number of benzene rings is 2. The number of hydrogen-bond acceptors (Lipinski definition) is 9. The van der Waals surface area contributed by atoms with Crippen molar-refractivity contribution in [3.05, 3.63) is 99.8 Å². The standard InChI is InChI=1S/C30H27Cl2F3N3O6PS2/c1-29(2,3)27-16-20(9-11-36-27)28-37-25(18-46-28)23-8-7-22(17-24(23)32)38(47(40,41)30(33,34)35)12-14-43-45(39)42-13-10-26(44-45)19-5-4-6-21(31)15-19/h4-11,13,15-18,26H,12,14H2,1-3H3. The number of phosphoric ester groups is 1. The van der Waals surface area contributed by atoms with Gasteiger partial charge in [0.2, 0.25) is 0 Å². The van der Waals surface area contributed by atoms with E-state index >= 15 is 0 Å². The van der Waals surface area contributed by atoms with E-state index in [4.69, 9.17) is 36.8 Å². The molecule has 5 rings (SSSR count). The van der Waals surface area contributed by atoms with Gasteiger partial charge < -0.3 is 4.52 Å². The van der Waals surface area contributed by atoms with E-state index in [1.165, 1.54) is 29.5 Å². The molecule has 4 aromatic rings. The van der Waals surface area contributed by atoms with Gasteiger partial charge in [-0.3, -0.25) is 18.3 Å². The van der Waals surface area contributed by atoms with Gasteiger partial charge in [0.1, 0.15) is 11.1 Å².